The minimum absolute atomic E-state index is 0.116. The Morgan fingerprint density at radius 2 is 1.79 bits per heavy atom. The van der Waals surface area contributed by atoms with Crippen LogP contribution in [0.25, 0.3) is 22.0 Å². The lowest BCUT2D eigenvalue weighted by Gasteiger charge is -2.09. The van der Waals surface area contributed by atoms with Crippen molar-refractivity contribution in [2.24, 2.45) is 0 Å². The second-order valence-electron chi connectivity index (χ2n) is 4.67. The van der Waals surface area contributed by atoms with Gasteiger partial charge in [-0.2, -0.15) is 0 Å². The highest BCUT2D eigenvalue weighted by Gasteiger charge is 2.07. The molecule has 0 fully saturated rings. The van der Waals surface area contributed by atoms with Crippen molar-refractivity contribution in [3.63, 3.8) is 0 Å². The first kappa shape index (κ1) is 11.5. The van der Waals surface area contributed by atoms with Crippen molar-refractivity contribution < 1.29 is 0 Å². The van der Waals surface area contributed by atoms with Crippen LogP contribution in [0.1, 0.15) is 5.56 Å². The monoisotopic (exact) mass is 250 g/mol. The molecular weight excluding hydrogens is 236 g/mol. The van der Waals surface area contributed by atoms with Gasteiger partial charge in [-0.3, -0.25) is 4.79 Å². The Bertz CT molecular complexity index is 804. The molecule has 2 aromatic carbocycles. The summed E-state index contributed by atoms with van der Waals surface area (Å²) < 4.78 is 0. The van der Waals surface area contributed by atoms with Crippen LogP contribution in [0.5, 0.6) is 0 Å². The zero-order valence-corrected chi connectivity index (χ0v) is 10.6. The van der Waals surface area contributed by atoms with Gasteiger partial charge in [0.2, 0.25) is 5.56 Å². The fourth-order valence-corrected chi connectivity index (χ4v) is 2.29. The van der Waals surface area contributed by atoms with E-state index in [2.05, 4.69) is 4.98 Å². The van der Waals surface area contributed by atoms with Crippen LogP contribution in [0.4, 0.5) is 5.69 Å². The first-order chi connectivity index (χ1) is 9.15. The minimum atomic E-state index is -0.116. The van der Waals surface area contributed by atoms with Crippen LogP contribution in [0.3, 0.4) is 0 Å². The molecule has 3 aromatic rings. The third-order valence-corrected chi connectivity index (χ3v) is 3.31. The third kappa shape index (κ3) is 1.99. The molecule has 0 unspecified atom stereocenters. The van der Waals surface area contributed by atoms with Crippen molar-refractivity contribution in [2.75, 3.05) is 5.73 Å². The quantitative estimate of drug-likeness (QED) is 0.652. The normalized spacial score (nSPS) is 10.8. The van der Waals surface area contributed by atoms with E-state index in [1.165, 1.54) is 0 Å². The number of benzene rings is 2. The number of anilines is 1. The van der Waals surface area contributed by atoms with E-state index in [0.717, 1.165) is 27.6 Å². The molecule has 0 amide bonds. The predicted molar refractivity (Wildman–Crippen MR) is 79.2 cm³/mol. The third-order valence-electron chi connectivity index (χ3n) is 3.31. The molecule has 0 saturated heterocycles. The molecule has 19 heavy (non-hydrogen) atoms. The van der Waals surface area contributed by atoms with Gasteiger partial charge in [0.15, 0.2) is 0 Å². The summed E-state index contributed by atoms with van der Waals surface area (Å²) in [6.45, 7) is 1.97. The molecular formula is C16H14N2O. The van der Waals surface area contributed by atoms with E-state index >= 15 is 0 Å². The first-order valence-electron chi connectivity index (χ1n) is 6.14. The van der Waals surface area contributed by atoms with Crippen LogP contribution in [-0.2, 0) is 0 Å². The molecule has 0 aliphatic rings. The van der Waals surface area contributed by atoms with Crippen LogP contribution >= 0.6 is 0 Å². The maximum Gasteiger partial charge on any atom is 0.249 e. The summed E-state index contributed by atoms with van der Waals surface area (Å²) in [5.74, 6) is 0. The average Bonchev–Trinajstić information content (AvgIpc) is 2.41. The van der Waals surface area contributed by atoms with E-state index in [0.29, 0.717) is 5.69 Å². The Labute approximate surface area is 110 Å². The van der Waals surface area contributed by atoms with Gasteiger partial charge in [0.1, 0.15) is 0 Å². The van der Waals surface area contributed by atoms with E-state index < -0.39 is 0 Å². The Morgan fingerprint density at radius 3 is 2.53 bits per heavy atom. The van der Waals surface area contributed by atoms with Gasteiger partial charge in [0.05, 0.1) is 5.52 Å². The van der Waals surface area contributed by atoms with Gasteiger partial charge in [-0.25, -0.2) is 0 Å². The van der Waals surface area contributed by atoms with Crippen LogP contribution in [0.15, 0.2) is 53.3 Å². The van der Waals surface area contributed by atoms with Crippen molar-refractivity contribution in [2.45, 2.75) is 6.92 Å². The molecule has 0 bridgehead atoms. The van der Waals surface area contributed by atoms with Crippen molar-refractivity contribution in [1.82, 2.24) is 4.98 Å². The molecule has 0 radical (unpaired) electrons. The van der Waals surface area contributed by atoms with E-state index in [1.54, 1.807) is 6.07 Å². The Hall–Kier alpha value is -2.55. The maximum absolute atomic E-state index is 11.8. The van der Waals surface area contributed by atoms with Crippen LogP contribution < -0.4 is 11.3 Å². The van der Waals surface area contributed by atoms with Crippen molar-refractivity contribution >= 4 is 16.6 Å². The number of nitrogens with one attached hydrogen (secondary N) is 1. The zero-order chi connectivity index (χ0) is 13.4. The van der Waals surface area contributed by atoms with E-state index in [1.807, 2.05) is 49.4 Å². The molecule has 0 spiro atoms. The number of pyridine rings is 1. The van der Waals surface area contributed by atoms with Gasteiger partial charge in [-0.1, -0.05) is 30.3 Å². The van der Waals surface area contributed by atoms with Gasteiger partial charge in [0.25, 0.3) is 0 Å². The highest BCUT2D eigenvalue weighted by molar-refractivity contribution is 5.96. The first-order valence-corrected chi connectivity index (χ1v) is 6.14. The van der Waals surface area contributed by atoms with Gasteiger partial charge >= 0.3 is 0 Å². The summed E-state index contributed by atoms with van der Waals surface area (Å²) in [5, 5.41) is 1.01. The highest BCUT2D eigenvalue weighted by atomic mass is 16.1. The number of hydrogen-bond acceptors (Lipinski definition) is 2. The second kappa shape index (κ2) is 4.28. The van der Waals surface area contributed by atoms with E-state index in [-0.39, 0.29) is 5.56 Å². The lowest BCUT2D eigenvalue weighted by molar-refractivity contribution is 1.30. The Morgan fingerprint density at radius 1 is 1.05 bits per heavy atom. The molecule has 3 rings (SSSR count). The van der Waals surface area contributed by atoms with Crippen LogP contribution in [0.2, 0.25) is 0 Å². The van der Waals surface area contributed by atoms with Gasteiger partial charge in [0, 0.05) is 17.1 Å². The second-order valence-corrected chi connectivity index (χ2v) is 4.67. The molecule has 3 N–H and O–H groups in total. The summed E-state index contributed by atoms with van der Waals surface area (Å²) in [4.78, 5) is 14.6. The number of nitrogen functional groups attached to an aromatic ring is 1. The van der Waals surface area contributed by atoms with E-state index in [9.17, 15) is 4.79 Å². The number of aromatic nitrogens is 1. The molecule has 3 nitrogen and oxygen atoms in total. The number of rotatable bonds is 1. The summed E-state index contributed by atoms with van der Waals surface area (Å²) in [6, 6.07) is 15.4. The Kier molecular flexibility index (Phi) is 2.60. The predicted octanol–water partition coefficient (Wildman–Crippen LogP) is 3.09. The van der Waals surface area contributed by atoms with Crippen LogP contribution in [0, 0.1) is 6.92 Å². The summed E-state index contributed by atoms with van der Waals surface area (Å²) in [7, 11) is 0. The molecule has 94 valence electrons. The Balaban J connectivity index is 2.42. The molecule has 0 saturated carbocycles. The number of fused-ring (bicyclic) bond motifs is 1. The van der Waals surface area contributed by atoms with Gasteiger partial charge in [-0.15, -0.1) is 0 Å². The summed E-state index contributed by atoms with van der Waals surface area (Å²) in [6.07, 6.45) is 0. The van der Waals surface area contributed by atoms with Gasteiger partial charge in [-0.05, 0) is 35.7 Å². The number of nitrogens with two attached hydrogens (primary N) is 1. The van der Waals surface area contributed by atoms with Gasteiger partial charge < -0.3 is 10.7 Å². The molecule has 0 aliphatic carbocycles. The number of hydrogen-bond donors (Lipinski definition) is 2. The largest absolute Gasteiger partial charge is 0.398 e. The number of aromatic amines is 1. The van der Waals surface area contributed by atoms with Crippen molar-refractivity contribution in [3.8, 4) is 11.1 Å². The average molecular weight is 250 g/mol. The zero-order valence-electron chi connectivity index (χ0n) is 10.6. The fraction of sp³-hybridized carbons (Fsp3) is 0.0625. The lowest BCUT2D eigenvalue weighted by Crippen LogP contribution is -2.05. The minimum Gasteiger partial charge on any atom is -0.398 e. The summed E-state index contributed by atoms with van der Waals surface area (Å²) in [5.41, 5.74) is 10.2. The van der Waals surface area contributed by atoms with E-state index in [4.69, 9.17) is 5.73 Å². The van der Waals surface area contributed by atoms with Crippen molar-refractivity contribution in [3.05, 3.63) is 64.4 Å². The highest BCUT2D eigenvalue weighted by Crippen LogP contribution is 2.28. The molecule has 3 heteroatoms. The molecule has 1 heterocycles. The lowest BCUT2D eigenvalue weighted by atomic mass is 9.99. The molecule has 1 aromatic heterocycles. The standard InChI is InChI=1S/C16H14N2O/c1-10-7-13-12(11-5-3-2-4-6-11)8-16(19)18-15(13)9-14(10)17/h2-9H,17H2,1H3,(H,18,19). The topological polar surface area (TPSA) is 58.9 Å². The number of H-pyrrole nitrogens is 1. The van der Waals surface area contributed by atoms with Crippen molar-refractivity contribution in [1.29, 1.82) is 0 Å². The maximum atomic E-state index is 11.8. The molecule has 0 aliphatic heterocycles. The SMILES string of the molecule is Cc1cc2c(-c3ccccc3)cc(=O)[nH]c2cc1N. The van der Waals surface area contributed by atoms with Crippen LogP contribution in [-0.4, -0.2) is 4.98 Å². The smallest absolute Gasteiger partial charge is 0.249 e. The number of aryl methyl sites for hydroxylation is 1. The fourth-order valence-electron chi connectivity index (χ4n) is 2.29. The summed E-state index contributed by atoms with van der Waals surface area (Å²) >= 11 is 0. The molecule has 0 atom stereocenters.